The lowest BCUT2D eigenvalue weighted by Crippen LogP contribution is -2.38. The topological polar surface area (TPSA) is 52.6 Å². The van der Waals surface area contributed by atoms with Crippen molar-refractivity contribution in [1.29, 1.82) is 0 Å². The van der Waals surface area contributed by atoms with Gasteiger partial charge in [-0.2, -0.15) is 0 Å². The largest absolute Gasteiger partial charge is 0.396 e. The van der Waals surface area contributed by atoms with E-state index in [0.717, 1.165) is 32.5 Å². The first-order valence-electron chi connectivity index (χ1n) is 5.35. The summed E-state index contributed by atoms with van der Waals surface area (Å²) >= 11 is 0. The molecule has 0 atom stereocenters. The number of hydrogen-bond acceptors (Lipinski definition) is 3. The van der Waals surface area contributed by atoms with Gasteiger partial charge < -0.3 is 15.3 Å². The molecule has 4 heteroatoms. The summed E-state index contributed by atoms with van der Waals surface area (Å²) in [6, 6.07) is 0. The minimum atomic E-state index is 0.152. The highest BCUT2D eigenvalue weighted by molar-refractivity contribution is 5.78. The van der Waals surface area contributed by atoms with Crippen molar-refractivity contribution >= 4 is 5.91 Å². The Morgan fingerprint density at radius 1 is 1.29 bits per heavy atom. The van der Waals surface area contributed by atoms with Gasteiger partial charge in [0.05, 0.1) is 6.54 Å². The molecule has 0 saturated carbocycles. The number of nitrogens with one attached hydrogen (secondary N) is 1. The van der Waals surface area contributed by atoms with Crippen molar-refractivity contribution in [2.45, 2.75) is 26.7 Å². The Bertz CT molecular complexity index is 147. The van der Waals surface area contributed by atoms with E-state index in [0.29, 0.717) is 6.54 Å². The van der Waals surface area contributed by atoms with Crippen LogP contribution in [0, 0.1) is 0 Å². The van der Waals surface area contributed by atoms with Crippen molar-refractivity contribution in [3.05, 3.63) is 0 Å². The third kappa shape index (κ3) is 5.94. The Labute approximate surface area is 86.3 Å². The molecule has 0 saturated heterocycles. The molecule has 0 aliphatic rings. The van der Waals surface area contributed by atoms with Crippen LogP contribution in [0.4, 0.5) is 0 Å². The first kappa shape index (κ1) is 13.4. The number of unbranched alkanes of at least 4 members (excludes halogenated alkanes) is 1. The van der Waals surface area contributed by atoms with E-state index in [1.54, 1.807) is 4.90 Å². The van der Waals surface area contributed by atoms with Crippen LogP contribution < -0.4 is 5.32 Å². The Morgan fingerprint density at radius 3 is 2.43 bits per heavy atom. The minimum absolute atomic E-state index is 0.152. The van der Waals surface area contributed by atoms with Crippen molar-refractivity contribution in [2.24, 2.45) is 0 Å². The lowest BCUT2D eigenvalue weighted by atomic mass is 10.3. The summed E-state index contributed by atoms with van der Waals surface area (Å²) in [4.78, 5) is 13.3. The second-order valence-corrected chi connectivity index (χ2v) is 3.17. The van der Waals surface area contributed by atoms with Gasteiger partial charge in [0.2, 0.25) is 5.91 Å². The number of carbonyl (C=O) groups is 1. The molecule has 0 fully saturated rings. The summed E-state index contributed by atoms with van der Waals surface area (Å²) in [7, 11) is 0. The van der Waals surface area contributed by atoms with Crippen LogP contribution >= 0.6 is 0 Å². The molecule has 0 aromatic carbocycles. The van der Waals surface area contributed by atoms with Crippen LogP contribution in [0.5, 0.6) is 0 Å². The van der Waals surface area contributed by atoms with E-state index < -0.39 is 0 Å². The zero-order valence-electron chi connectivity index (χ0n) is 9.25. The number of hydrogen-bond donors (Lipinski definition) is 2. The van der Waals surface area contributed by atoms with Gasteiger partial charge in [-0.3, -0.25) is 4.79 Å². The molecule has 0 unspecified atom stereocenters. The van der Waals surface area contributed by atoms with Crippen LogP contribution in [-0.4, -0.2) is 48.7 Å². The Balaban J connectivity index is 3.43. The van der Waals surface area contributed by atoms with Gasteiger partial charge in [-0.05, 0) is 33.2 Å². The molecule has 84 valence electrons. The van der Waals surface area contributed by atoms with Gasteiger partial charge in [0.15, 0.2) is 0 Å². The number of amides is 1. The maximum Gasteiger partial charge on any atom is 0.236 e. The molecule has 0 aromatic rings. The van der Waals surface area contributed by atoms with E-state index in [1.165, 1.54) is 0 Å². The van der Waals surface area contributed by atoms with Gasteiger partial charge in [0.25, 0.3) is 0 Å². The molecule has 0 aliphatic carbocycles. The average Bonchev–Trinajstić information content (AvgIpc) is 2.19. The molecule has 0 heterocycles. The normalized spacial score (nSPS) is 10.2. The van der Waals surface area contributed by atoms with Crippen LogP contribution in [0.15, 0.2) is 0 Å². The summed E-state index contributed by atoms with van der Waals surface area (Å²) in [6.07, 6.45) is 1.72. The lowest BCUT2D eigenvalue weighted by molar-refractivity contribution is -0.129. The van der Waals surface area contributed by atoms with Crippen LogP contribution in [-0.2, 0) is 4.79 Å². The highest BCUT2D eigenvalue weighted by atomic mass is 16.2. The van der Waals surface area contributed by atoms with Crippen molar-refractivity contribution in [2.75, 3.05) is 32.8 Å². The van der Waals surface area contributed by atoms with Crippen molar-refractivity contribution in [1.82, 2.24) is 10.2 Å². The maximum absolute atomic E-state index is 11.5. The predicted octanol–water partition coefficient (Wildman–Crippen LogP) is 0.217. The first-order chi connectivity index (χ1) is 6.76. The van der Waals surface area contributed by atoms with Gasteiger partial charge >= 0.3 is 0 Å². The molecule has 14 heavy (non-hydrogen) atoms. The van der Waals surface area contributed by atoms with E-state index in [1.807, 2.05) is 13.8 Å². The molecule has 1 amide bonds. The van der Waals surface area contributed by atoms with Crippen LogP contribution in [0.3, 0.4) is 0 Å². The zero-order valence-corrected chi connectivity index (χ0v) is 9.25. The summed E-state index contributed by atoms with van der Waals surface area (Å²) in [6.45, 7) is 6.94. The number of carbonyl (C=O) groups excluding carboxylic acids is 1. The molecule has 0 aromatic heterocycles. The van der Waals surface area contributed by atoms with Gasteiger partial charge in [0, 0.05) is 19.7 Å². The van der Waals surface area contributed by atoms with Crippen LogP contribution in [0.1, 0.15) is 26.7 Å². The number of aliphatic hydroxyl groups excluding tert-OH is 1. The fourth-order valence-electron chi connectivity index (χ4n) is 1.25. The number of aliphatic hydroxyl groups is 1. The van der Waals surface area contributed by atoms with E-state index in [4.69, 9.17) is 5.11 Å². The van der Waals surface area contributed by atoms with Crippen molar-refractivity contribution in [3.8, 4) is 0 Å². The van der Waals surface area contributed by atoms with E-state index >= 15 is 0 Å². The van der Waals surface area contributed by atoms with Crippen LogP contribution in [0.25, 0.3) is 0 Å². The number of likely N-dealkylation sites (N-methyl/N-ethyl adjacent to an activating group) is 1. The summed E-state index contributed by atoms with van der Waals surface area (Å²) in [5, 5.41) is 11.6. The third-order valence-electron chi connectivity index (χ3n) is 2.15. The standard InChI is InChI=1S/C10H22N2O2/c1-3-12(4-2)10(14)9-11-7-5-6-8-13/h11,13H,3-9H2,1-2H3. The van der Waals surface area contributed by atoms with Gasteiger partial charge in [0.1, 0.15) is 0 Å². The van der Waals surface area contributed by atoms with Crippen molar-refractivity contribution < 1.29 is 9.90 Å². The number of rotatable bonds is 8. The molecular formula is C10H22N2O2. The maximum atomic E-state index is 11.5. The SMILES string of the molecule is CCN(CC)C(=O)CNCCCCO. The summed E-state index contributed by atoms with van der Waals surface area (Å²) < 4.78 is 0. The quantitative estimate of drug-likeness (QED) is 0.553. The lowest BCUT2D eigenvalue weighted by Gasteiger charge is -2.18. The fourth-order valence-corrected chi connectivity index (χ4v) is 1.25. The first-order valence-corrected chi connectivity index (χ1v) is 5.35. The molecule has 0 bridgehead atoms. The molecule has 4 nitrogen and oxygen atoms in total. The molecule has 2 N–H and O–H groups in total. The Hall–Kier alpha value is -0.610. The average molecular weight is 202 g/mol. The number of nitrogens with zero attached hydrogens (tertiary/aromatic N) is 1. The van der Waals surface area contributed by atoms with Crippen LogP contribution in [0.2, 0.25) is 0 Å². The molecular weight excluding hydrogens is 180 g/mol. The van der Waals surface area contributed by atoms with E-state index in [9.17, 15) is 4.79 Å². The van der Waals surface area contributed by atoms with Gasteiger partial charge in [-0.1, -0.05) is 0 Å². The molecule has 0 rings (SSSR count). The minimum Gasteiger partial charge on any atom is -0.396 e. The second-order valence-electron chi connectivity index (χ2n) is 3.17. The highest BCUT2D eigenvalue weighted by Gasteiger charge is 2.07. The molecule has 0 spiro atoms. The Morgan fingerprint density at radius 2 is 1.93 bits per heavy atom. The Kier molecular flexibility index (Phi) is 8.57. The van der Waals surface area contributed by atoms with Gasteiger partial charge in [-0.25, -0.2) is 0 Å². The summed E-state index contributed by atoms with van der Waals surface area (Å²) in [5.74, 6) is 0.152. The summed E-state index contributed by atoms with van der Waals surface area (Å²) in [5.41, 5.74) is 0. The van der Waals surface area contributed by atoms with E-state index in [2.05, 4.69) is 5.32 Å². The smallest absolute Gasteiger partial charge is 0.236 e. The fraction of sp³-hybridized carbons (Fsp3) is 0.900. The molecule has 0 radical (unpaired) electrons. The monoisotopic (exact) mass is 202 g/mol. The second kappa shape index (κ2) is 8.97. The van der Waals surface area contributed by atoms with Crippen molar-refractivity contribution in [3.63, 3.8) is 0 Å². The third-order valence-corrected chi connectivity index (χ3v) is 2.15. The zero-order chi connectivity index (χ0) is 10.8. The van der Waals surface area contributed by atoms with E-state index in [-0.39, 0.29) is 12.5 Å². The van der Waals surface area contributed by atoms with Gasteiger partial charge in [-0.15, -0.1) is 0 Å². The predicted molar refractivity (Wildman–Crippen MR) is 57.1 cm³/mol. The molecule has 0 aliphatic heterocycles. The highest BCUT2D eigenvalue weighted by Crippen LogP contribution is 1.88.